The van der Waals surface area contributed by atoms with Crippen molar-refractivity contribution >= 4 is 22.7 Å². The minimum absolute atomic E-state index is 0.151. The monoisotopic (exact) mass is 345 g/mol. The third-order valence-corrected chi connectivity index (χ3v) is 5.29. The molecule has 0 saturated carbocycles. The molecule has 4 atom stereocenters. The summed E-state index contributed by atoms with van der Waals surface area (Å²) in [6, 6.07) is 15.5. The molecule has 7 heteroatoms. The van der Waals surface area contributed by atoms with Gasteiger partial charge in [0.15, 0.2) is 11.5 Å². The predicted molar refractivity (Wildman–Crippen MR) is 87.6 cm³/mol. The second-order valence-corrected chi connectivity index (χ2v) is 6.71. The third-order valence-electron chi connectivity index (χ3n) is 4.51. The molecule has 2 aromatic rings. The van der Waals surface area contributed by atoms with E-state index in [1.807, 2.05) is 48.5 Å². The van der Waals surface area contributed by atoms with Crippen LogP contribution >= 0.6 is 0 Å². The largest absolute Gasteiger partial charge is 0.453 e. The number of anilines is 2. The molecule has 2 fully saturated rings. The number of hydrogen-bond donors (Lipinski definition) is 0. The normalized spacial score (nSPS) is 30.9. The van der Waals surface area contributed by atoms with Crippen molar-refractivity contribution in [3.05, 3.63) is 48.5 Å². The van der Waals surface area contributed by atoms with Gasteiger partial charge in [-0.25, -0.2) is 0 Å². The fourth-order valence-electron chi connectivity index (χ4n) is 3.48. The lowest BCUT2D eigenvalue weighted by Gasteiger charge is -2.42. The van der Waals surface area contributed by atoms with E-state index in [2.05, 4.69) is 4.90 Å². The van der Waals surface area contributed by atoms with Crippen molar-refractivity contribution in [3.8, 4) is 11.5 Å². The number of para-hydroxylation sites is 4. The summed E-state index contributed by atoms with van der Waals surface area (Å²) in [7, 11) is 0. The van der Waals surface area contributed by atoms with Crippen molar-refractivity contribution in [3.63, 3.8) is 0 Å². The maximum atomic E-state index is 11.7. The first kappa shape index (κ1) is 14.4. The molecule has 2 saturated heterocycles. The van der Waals surface area contributed by atoms with Crippen LogP contribution in [0.4, 0.5) is 11.4 Å². The first-order chi connectivity index (χ1) is 11.8. The van der Waals surface area contributed by atoms with Crippen LogP contribution in [-0.4, -0.2) is 35.7 Å². The highest BCUT2D eigenvalue weighted by atomic mass is 32.2. The minimum Gasteiger partial charge on any atom is -0.453 e. The van der Waals surface area contributed by atoms with Crippen LogP contribution in [0.3, 0.4) is 0 Å². The number of fused-ring (bicyclic) bond motifs is 3. The Bertz CT molecular complexity index is 768. The van der Waals surface area contributed by atoms with Gasteiger partial charge in [0.05, 0.1) is 30.6 Å². The molecular weight excluding hydrogens is 330 g/mol. The van der Waals surface area contributed by atoms with E-state index < -0.39 is 11.4 Å². The number of rotatable bonds is 1. The van der Waals surface area contributed by atoms with E-state index in [1.54, 1.807) is 0 Å². The summed E-state index contributed by atoms with van der Waals surface area (Å²) in [5.41, 5.74) is 1.87. The summed E-state index contributed by atoms with van der Waals surface area (Å²) in [6.45, 7) is 0.852. The zero-order valence-electron chi connectivity index (χ0n) is 12.7. The summed E-state index contributed by atoms with van der Waals surface area (Å²) in [5.74, 6) is 1.55. The molecule has 1 unspecified atom stereocenters. The molecule has 3 aliphatic heterocycles. The van der Waals surface area contributed by atoms with Crippen LogP contribution in [0, 0.1) is 0 Å². The maximum Gasteiger partial charge on any atom is 0.305 e. The number of nitrogens with zero attached hydrogens (tertiary/aromatic N) is 1. The van der Waals surface area contributed by atoms with Gasteiger partial charge in [0.1, 0.15) is 12.2 Å². The second kappa shape index (κ2) is 5.56. The Hall–Kier alpha value is -1.93. The van der Waals surface area contributed by atoms with Gasteiger partial charge in [0.25, 0.3) is 0 Å². The van der Waals surface area contributed by atoms with Crippen LogP contribution in [0.5, 0.6) is 11.5 Å². The van der Waals surface area contributed by atoms with Crippen LogP contribution in [0.15, 0.2) is 48.5 Å². The summed E-state index contributed by atoms with van der Waals surface area (Å²) in [4.78, 5) is 2.15. The smallest absolute Gasteiger partial charge is 0.305 e. The Morgan fingerprint density at radius 1 is 0.917 bits per heavy atom. The Morgan fingerprint density at radius 3 is 2.29 bits per heavy atom. The van der Waals surface area contributed by atoms with Crippen LogP contribution in [0.2, 0.25) is 0 Å². The molecule has 0 radical (unpaired) electrons. The third kappa shape index (κ3) is 2.16. The quantitative estimate of drug-likeness (QED) is 0.792. The standard InChI is InChI=1S/C17H15NO5S/c19-24-22-16-10-20-9-13(17(16)23-24)18-11-5-1-3-7-14(11)21-15-8-4-2-6-12(15)18/h1-8,13,16-17H,9-10H2/t13-,16-,17+,24?/m0/s1. The Balaban J connectivity index is 1.63. The molecule has 0 spiro atoms. The molecule has 5 rings (SSSR count). The van der Waals surface area contributed by atoms with E-state index in [-0.39, 0.29) is 18.2 Å². The van der Waals surface area contributed by atoms with Crippen molar-refractivity contribution < 1.29 is 22.0 Å². The SMILES string of the molecule is O=S1O[C@H]2[C@H](COC[C@@H]2N2c3ccccc3Oc3ccccc32)O1. The summed E-state index contributed by atoms with van der Waals surface area (Å²) >= 11 is -1.72. The minimum atomic E-state index is -1.72. The van der Waals surface area contributed by atoms with Crippen LogP contribution in [0.1, 0.15) is 0 Å². The Labute approximate surface area is 141 Å². The van der Waals surface area contributed by atoms with E-state index in [9.17, 15) is 4.21 Å². The molecular formula is C17H15NO5S. The molecule has 0 bridgehead atoms. The predicted octanol–water partition coefficient (Wildman–Crippen LogP) is 2.69. The molecule has 0 N–H and O–H groups in total. The molecule has 0 aromatic heterocycles. The van der Waals surface area contributed by atoms with Crippen molar-refractivity contribution in [2.75, 3.05) is 18.1 Å². The van der Waals surface area contributed by atoms with Gasteiger partial charge < -0.3 is 14.4 Å². The lowest BCUT2D eigenvalue weighted by atomic mass is 9.99. The molecule has 3 aliphatic rings. The first-order valence-corrected chi connectivity index (χ1v) is 8.80. The van der Waals surface area contributed by atoms with Crippen LogP contribution in [0.25, 0.3) is 0 Å². The van der Waals surface area contributed by atoms with Gasteiger partial charge in [-0.15, -0.1) is 0 Å². The molecule has 0 aliphatic carbocycles. The summed E-state index contributed by atoms with van der Waals surface area (Å²) < 4.78 is 34.3. The van der Waals surface area contributed by atoms with Crippen LogP contribution < -0.4 is 9.64 Å². The van der Waals surface area contributed by atoms with Crippen molar-refractivity contribution in [2.45, 2.75) is 18.2 Å². The molecule has 3 heterocycles. The summed E-state index contributed by atoms with van der Waals surface area (Å²) in [5, 5.41) is 0. The zero-order chi connectivity index (χ0) is 16.1. The van der Waals surface area contributed by atoms with E-state index in [1.165, 1.54) is 0 Å². The van der Waals surface area contributed by atoms with Crippen molar-refractivity contribution in [1.29, 1.82) is 0 Å². The second-order valence-electron chi connectivity index (χ2n) is 5.91. The molecule has 24 heavy (non-hydrogen) atoms. The van der Waals surface area contributed by atoms with Gasteiger partial charge in [-0.3, -0.25) is 8.37 Å². The van der Waals surface area contributed by atoms with E-state index in [0.29, 0.717) is 13.2 Å². The highest BCUT2D eigenvalue weighted by Gasteiger charge is 2.48. The topological polar surface area (TPSA) is 57.2 Å². The first-order valence-electron chi connectivity index (χ1n) is 7.80. The number of ether oxygens (including phenoxy) is 2. The van der Waals surface area contributed by atoms with Gasteiger partial charge in [0, 0.05) is 0 Å². The van der Waals surface area contributed by atoms with E-state index in [4.69, 9.17) is 17.8 Å². The Morgan fingerprint density at radius 2 is 1.58 bits per heavy atom. The average Bonchev–Trinajstić information content (AvgIpc) is 3.00. The molecule has 124 valence electrons. The lowest BCUT2D eigenvalue weighted by Crippen LogP contribution is -2.54. The molecule has 0 amide bonds. The van der Waals surface area contributed by atoms with Gasteiger partial charge in [0.2, 0.25) is 0 Å². The van der Waals surface area contributed by atoms with E-state index in [0.717, 1.165) is 22.9 Å². The number of benzene rings is 2. The zero-order valence-corrected chi connectivity index (χ0v) is 13.5. The van der Waals surface area contributed by atoms with Crippen LogP contribution in [-0.2, 0) is 24.5 Å². The number of hydrogen-bond acceptors (Lipinski definition) is 6. The van der Waals surface area contributed by atoms with Crippen molar-refractivity contribution in [1.82, 2.24) is 0 Å². The molecule has 2 aromatic carbocycles. The van der Waals surface area contributed by atoms with Gasteiger partial charge in [-0.1, -0.05) is 24.3 Å². The maximum absolute atomic E-state index is 11.7. The average molecular weight is 345 g/mol. The highest BCUT2D eigenvalue weighted by Crippen LogP contribution is 2.48. The molecule has 6 nitrogen and oxygen atoms in total. The van der Waals surface area contributed by atoms with Crippen molar-refractivity contribution in [2.24, 2.45) is 0 Å². The van der Waals surface area contributed by atoms with Gasteiger partial charge in [-0.2, -0.15) is 4.21 Å². The van der Waals surface area contributed by atoms with E-state index >= 15 is 0 Å². The van der Waals surface area contributed by atoms with Gasteiger partial charge >= 0.3 is 11.4 Å². The highest BCUT2D eigenvalue weighted by molar-refractivity contribution is 7.75. The summed E-state index contributed by atoms with van der Waals surface area (Å²) in [6.07, 6.45) is -0.648. The fourth-order valence-corrected chi connectivity index (χ4v) is 4.32. The fraction of sp³-hybridized carbons (Fsp3) is 0.294. The van der Waals surface area contributed by atoms with Gasteiger partial charge in [-0.05, 0) is 24.3 Å². The lowest BCUT2D eigenvalue weighted by molar-refractivity contribution is -0.0329. The Kier molecular flexibility index (Phi) is 3.34.